The minimum Gasteiger partial charge on any atom is -0.496 e. The van der Waals surface area contributed by atoms with Crippen molar-refractivity contribution in [2.75, 3.05) is 19.5 Å². The van der Waals surface area contributed by atoms with Gasteiger partial charge in [-0.25, -0.2) is 15.0 Å². The molecule has 0 radical (unpaired) electrons. The van der Waals surface area contributed by atoms with E-state index in [0.29, 0.717) is 10.4 Å². The number of aromatic nitrogens is 4. The number of anilines is 1. The van der Waals surface area contributed by atoms with Gasteiger partial charge in [0, 0.05) is 35.2 Å². The Labute approximate surface area is 135 Å². The predicted octanol–water partition coefficient (Wildman–Crippen LogP) is 2.53. The van der Waals surface area contributed by atoms with E-state index in [1.807, 2.05) is 35.9 Å². The summed E-state index contributed by atoms with van der Waals surface area (Å²) in [4.78, 5) is 13.2. The molecule has 2 aromatic heterocycles. The Bertz CT molecular complexity index is 786. The Kier molecular flexibility index (Phi) is 3.91. The first-order valence-electron chi connectivity index (χ1n) is 6.41. The van der Waals surface area contributed by atoms with Gasteiger partial charge < -0.3 is 14.6 Å². The Morgan fingerprint density at radius 2 is 2.10 bits per heavy atom. The van der Waals surface area contributed by atoms with E-state index < -0.39 is 0 Å². The van der Waals surface area contributed by atoms with Gasteiger partial charge in [-0.15, -0.1) is 0 Å². The summed E-state index contributed by atoms with van der Waals surface area (Å²) >= 11 is 2.11. The number of fused-ring (bicyclic) bond motifs is 1. The average Bonchev–Trinajstić information content (AvgIpc) is 2.90. The second kappa shape index (κ2) is 5.84. The molecular formula is C14H14IN5O. The first-order chi connectivity index (χ1) is 10.2. The van der Waals surface area contributed by atoms with Crippen LogP contribution in [0.2, 0.25) is 0 Å². The summed E-state index contributed by atoms with van der Waals surface area (Å²) in [6, 6.07) is 7.94. The molecule has 6 nitrogen and oxygen atoms in total. The molecule has 1 aromatic carbocycles. The number of imidazole rings is 1. The molecule has 3 rings (SSSR count). The van der Waals surface area contributed by atoms with E-state index in [9.17, 15) is 0 Å². The first-order valence-corrected chi connectivity index (χ1v) is 7.49. The van der Waals surface area contributed by atoms with Gasteiger partial charge in [0.15, 0.2) is 20.8 Å². The number of nitrogens with one attached hydrogen (secondary N) is 1. The van der Waals surface area contributed by atoms with E-state index in [0.717, 1.165) is 28.3 Å². The van der Waals surface area contributed by atoms with Crippen LogP contribution >= 0.6 is 22.6 Å². The van der Waals surface area contributed by atoms with Crippen LogP contribution in [0.3, 0.4) is 0 Å². The quantitative estimate of drug-likeness (QED) is 0.544. The molecule has 7 heteroatoms. The third-order valence-corrected chi connectivity index (χ3v) is 3.69. The number of methoxy groups -OCH3 is 1. The molecule has 0 atom stereocenters. The number of nitrogens with zero attached hydrogens (tertiary/aromatic N) is 4. The van der Waals surface area contributed by atoms with E-state index in [4.69, 9.17) is 4.74 Å². The molecule has 108 valence electrons. The van der Waals surface area contributed by atoms with Crippen molar-refractivity contribution in [1.82, 2.24) is 19.5 Å². The van der Waals surface area contributed by atoms with Crippen LogP contribution in [0.1, 0.15) is 5.56 Å². The maximum Gasteiger partial charge on any atom is 0.194 e. The summed E-state index contributed by atoms with van der Waals surface area (Å²) in [6.45, 7) is 0.650. The number of halogens is 1. The van der Waals surface area contributed by atoms with Crippen molar-refractivity contribution in [2.45, 2.75) is 6.54 Å². The van der Waals surface area contributed by atoms with E-state index >= 15 is 0 Å². The Morgan fingerprint density at radius 3 is 2.86 bits per heavy atom. The maximum atomic E-state index is 5.39. The lowest BCUT2D eigenvalue weighted by Crippen LogP contribution is -2.04. The predicted molar refractivity (Wildman–Crippen MR) is 89.7 cm³/mol. The molecule has 0 bridgehead atoms. The van der Waals surface area contributed by atoms with E-state index in [-0.39, 0.29) is 0 Å². The summed E-state index contributed by atoms with van der Waals surface area (Å²) in [5, 5.41) is 3.05. The smallest absolute Gasteiger partial charge is 0.194 e. The van der Waals surface area contributed by atoms with Gasteiger partial charge in [0.1, 0.15) is 5.75 Å². The van der Waals surface area contributed by atoms with Crippen LogP contribution in [0.25, 0.3) is 11.2 Å². The highest BCUT2D eigenvalue weighted by Crippen LogP contribution is 2.23. The van der Waals surface area contributed by atoms with Crippen molar-refractivity contribution in [2.24, 2.45) is 0 Å². The lowest BCUT2D eigenvalue weighted by atomic mass is 10.2. The largest absolute Gasteiger partial charge is 0.496 e. The van der Waals surface area contributed by atoms with Gasteiger partial charge in [0.25, 0.3) is 0 Å². The number of hydrogen-bond donors (Lipinski definition) is 1. The van der Waals surface area contributed by atoms with E-state index in [1.165, 1.54) is 0 Å². The lowest BCUT2D eigenvalue weighted by molar-refractivity contribution is 0.408. The Morgan fingerprint density at radius 1 is 1.29 bits per heavy atom. The molecular weight excluding hydrogens is 381 g/mol. The number of hydrogen-bond acceptors (Lipinski definition) is 5. The van der Waals surface area contributed by atoms with Crippen molar-refractivity contribution in [3.8, 4) is 5.75 Å². The zero-order chi connectivity index (χ0) is 14.8. The fraction of sp³-hybridized carbons (Fsp3) is 0.214. The van der Waals surface area contributed by atoms with Crippen LogP contribution < -0.4 is 10.1 Å². The second-order valence-electron chi connectivity index (χ2n) is 4.45. The topological polar surface area (TPSA) is 64.9 Å². The molecule has 0 unspecified atom stereocenters. The molecule has 0 saturated heterocycles. The van der Waals surface area contributed by atoms with Crippen molar-refractivity contribution >= 4 is 39.6 Å². The molecule has 0 aliphatic rings. The minimum absolute atomic E-state index is 0.650. The number of rotatable bonds is 4. The second-order valence-corrected chi connectivity index (χ2v) is 5.41. The molecule has 0 fully saturated rings. The molecule has 0 aliphatic heterocycles. The van der Waals surface area contributed by atoms with Crippen molar-refractivity contribution in [3.05, 3.63) is 40.0 Å². The summed E-state index contributed by atoms with van der Waals surface area (Å²) in [5.74, 6) is 1.60. The average molecular weight is 395 g/mol. The molecule has 3 aromatic rings. The molecule has 0 amide bonds. The van der Waals surface area contributed by atoms with Crippen LogP contribution in [0.15, 0.2) is 30.6 Å². The first kappa shape index (κ1) is 14.1. The number of para-hydroxylation sites is 1. The van der Waals surface area contributed by atoms with Gasteiger partial charge in [0.05, 0.1) is 20.0 Å². The molecule has 1 N–H and O–H groups in total. The third-order valence-electron chi connectivity index (χ3n) is 3.21. The Balaban J connectivity index is 2.07. The van der Waals surface area contributed by atoms with Crippen LogP contribution in [0.4, 0.5) is 5.82 Å². The molecule has 21 heavy (non-hydrogen) atoms. The zero-order valence-electron chi connectivity index (χ0n) is 11.7. The van der Waals surface area contributed by atoms with Crippen LogP contribution in [0, 0.1) is 3.83 Å². The minimum atomic E-state index is 0.650. The fourth-order valence-electron chi connectivity index (χ4n) is 2.22. The zero-order valence-corrected chi connectivity index (χ0v) is 13.8. The van der Waals surface area contributed by atoms with Crippen LogP contribution in [-0.4, -0.2) is 33.7 Å². The maximum absolute atomic E-state index is 5.39. The standard InChI is InChI=1S/C14H14IN5O/c1-16-12-11-13(19-14(15)18-12)20(8-17-11)7-9-5-3-4-6-10(9)21-2/h3-6,8H,7H2,1-2H3,(H,16,18,19). The molecule has 0 saturated carbocycles. The van der Waals surface area contributed by atoms with Crippen molar-refractivity contribution < 1.29 is 4.74 Å². The molecule has 0 spiro atoms. The summed E-state index contributed by atoms with van der Waals surface area (Å²) < 4.78 is 8.08. The van der Waals surface area contributed by atoms with E-state index in [2.05, 4.69) is 42.9 Å². The normalized spacial score (nSPS) is 10.8. The van der Waals surface area contributed by atoms with Gasteiger partial charge in [-0.2, -0.15) is 0 Å². The lowest BCUT2D eigenvalue weighted by Gasteiger charge is -2.09. The molecule has 2 heterocycles. The van der Waals surface area contributed by atoms with Gasteiger partial charge in [-0.05, 0) is 6.07 Å². The summed E-state index contributed by atoms with van der Waals surface area (Å²) in [6.07, 6.45) is 1.78. The third kappa shape index (κ3) is 2.65. The number of ether oxygens (including phenoxy) is 1. The van der Waals surface area contributed by atoms with Gasteiger partial charge in [-0.1, -0.05) is 18.2 Å². The van der Waals surface area contributed by atoms with Gasteiger partial charge >= 0.3 is 0 Å². The van der Waals surface area contributed by atoms with Crippen LogP contribution in [-0.2, 0) is 6.54 Å². The van der Waals surface area contributed by atoms with Gasteiger partial charge in [0.2, 0.25) is 0 Å². The Hall–Kier alpha value is -1.90. The SMILES string of the molecule is CNc1nc(I)nc2c1ncn2Cc1ccccc1OC. The monoisotopic (exact) mass is 395 g/mol. The van der Waals surface area contributed by atoms with Gasteiger partial charge in [-0.3, -0.25) is 0 Å². The highest BCUT2D eigenvalue weighted by atomic mass is 127. The highest BCUT2D eigenvalue weighted by molar-refractivity contribution is 14.1. The fourth-order valence-corrected chi connectivity index (χ4v) is 2.69. The summed E-state index contributed by atoms with van der Waals surface area (Å²) in [7, 11) is 3.51. The van der Waals surface area contributed by atoms with Crippen molar-refractivity contribution in [3.63, 3.8) is 0 Å². The molecule has 0 aliphatic carbocycles. The summed E-state index contributed by atoms with van der Waals surface area (Å²) in [5.41, 5.74) is 2.66. The van der Waals surface area contributed by atoms with Crippen molar-refractivity contribution in [1.29, 1.82) is 0 Å². The number of benzene rings is 1. The van der Waals surface area contributed by atoms with E-state index in [1.54, 1.807) is 13.4 Å². The van der Waals surface area contributed by atoms with Crippen LogP contribution in [0.5, 0.6) is 5.75 Å². The highest BCUT2D eigenvalue weighted by Gasteiger charge is 2.12.